The number of nitrogens with zero attached hydrogens (tertiary/aromatic N) is 2. The summed E-state index contributed by atoms with van der Waals surface area (Å²) in [5, 5.41) is 4.82. The Labute approximate surface area is 127 Å². The van der Waals surface area contributed by atoms with E-state index in [0.717, 1.165) is 19.0 Å². The summed E-state index contributed by atoms with van der Waals surface area (Å²) in [4.78, 5) is 8.48. The standard InChI is InChI=1S/C16H29N3S/c1-13(12-19-7-5-6-8-19)9-17-10-14-11-18-15(20-14)16(2,3)4/h11,13,17H,5-10,12H2,1-4H3. The largest absolute Gasteiger partial charge is 0.311 e. The van der Waals surface area contributed by atoms with E-state index in [1.54, 1.807) is 0 Å². The molecule has 1 atom stereocenters. The maximum atomic E-state index is 4.54. The zero-order valence-corrected chi connectivity index (χ0v) is 14.2. The number of nitrogens with one attached hydrogen (secondary N) is 1. The normalized spacial score (nSPS) is 18.6. The molecule has 1 aliphatic rings. The molecule has 3 nitrogen and oxygen atoms in total. The van der Waals surface area contributed by atoms with Crippen molar-refractivity contribution in [3.05, 3.63) is 16.1 Å². The molecular formula is C16H29N3S. The molecule has 4 heteroatoms. The van der Waals surface area contributed by atoms with Crippen LogP contribution >= 0.6 is 11.3 Å². The smallest absolute Gasteiger partial charge is 0.0981 e. The Bertz CT molecular complexity index is 402. The van der Waals surface area contributed by atoms with Gasteiger partial charge in [0, 0.05) is 29.6 Å². The summed E-state index contributed by atoms with van der Waals surface area (Å²) in [6, 6.07) is 0. The predicted octanol–water partition coefficient (Wildman–Crippen LogP) is 3.26. The molecule has 1 N–H and O–H groups in total. The van der Waals surface area contributed by atoms with Gasteiger partial charge in [-0.05, 0) is 38.4 Å². The van der Waals surface area contributed by atoms with Gasteiger partial charge in [0.2, 0.25) is 0 Å². The minimum Gasteiger partial charge on any atom is -0.311 e. The minimum atomic E-state index is 0.173. The SMILES string of the molecule is CC(CNCc1cnc(C(C)(C)C)s1)CN1CCCC1. The van der Waals surface area contributed by atoms with Crippen molar-refractivity contribution >= 4 is 11.3 Å². The van der Waals surface area contributed by atoms with Crippen LogP contribution in [0.2, 0.25) is 0 Å². The maximum absolute atomic E-state index is 4.54. The van der Waals surface area contributed by atoms with Crippen molar-refractivity contribution in [1.82, 2.24) is 15.2 Å². The van der Waals surface area contributed by atoms with Gasteiger partial charge in [-0.15, -0.1) is 11.3 Å². The van der Waals surface area contributed by atoms with Crippen LogP contribution in [0.15, 0.2) is 6.20 Å². The Kier molecular flexibility index (Phi) is 5.58. The van der Waals surface area contributed by atoms with Crippen LogP contribution < -0.4 is 5.32 Å². The van der Waals surface area contributed by atoms with Gasteiger partial charge in [-0.1, -0.05) is 27.7 Å². The highest BCUT2D eigenvalue weighted by Gasteiger charge is 2.18. The molecular weight excluding hydrogens is 266 g/mol. The molecule has 1 fully saturated rings. The summed E-state index contributed by atoms with van der Waals surface area (Å²) in [7, 11) is 0. The highest BCUT2D eigenvalue weighted by molar-refractivity contribution is 7.11. The summed E-state index contributed by atoms with van der Waals surface area (Å²) < 4.78 is 0. The summed E-state index contributed by atoms with van der Waals surface area (Å²) in [5.41, 5.74) is 0.173. The first-order valence-electron chi connectivity index (χ1n) is 7.83. The van der Waals surface area contributed by atoms with E-state index in [9.17, 15) is 0 Å². The molecule has 2 rings (SSSR count). The summed E-state index contributed by atoms with van der Waals surface area (Å²) in [6.07, 6.45) is 4.80. The molecule has 0 radical (unpaired) electrons. The Morgan fingerprint density at radius 3 is 2.65 bits per heavy atom. The second-order valence-electron chi connectivity index (χ2n) is 7.13. The van der Waals surface area contributed by atoms with Gasteiger partial charge < -0.3 is 10.2 Å². The molecule has 0 amide bonds. The van der Waals surface area contributed by atoms with Crippen molar-refractivity contribution in [3.63, 3.8) is 0 Å². The van der Waals surface area contributed by atoms with Gasteiger partial charge in [0.05, 0.1) is 5.01 Å². The molecule has 1 unspecified atom stereocenters. The number of likely N-dealkylation sites (tertiary alicyclic amines) is 1. The lowest BCUT2D eigenvalue weighted by Gasteiger charge is -2.20. The summed E-state index contributed by atoms with van der Waals surface area (Å²) >= 11 is 1.84. The highest BCUT2D eigenvalue weighted by atomic mass is 32.1. The Balaban J connectivity index is 1.68. The highest BCUT2D eigenvalue weighted by Crippen LogP contribution is 2.26. The first-order valence-corrected chi connectivity index (χ1v) is 8.65. The predicted molar refractivity (Wildman–Crippen MR) is 87.4 cm³/mol. The second-order valence-corrected chi connectivity index (χ2v) is 8.24. The molecule has 1 aromatic rings. The van der Waals surface area contributed by atoms with Gasteiger partial charge in [0.15, 0.2) is 0 Å². The van der Waals surface area contributed by atoms with Crippen molar-refractivity contribution in [2.75, 3.05) is 26.2 Å². The van der Waals surface area contributed by atoms with Crippen molar-refractivity contribution in [2.45, 2.75) is 52.5 Å². The molecule has 0 bridgehead atoms. The molecule has 2 heterocycles. The zero-order chi connectivity index (χ0) is 14.6. The van der Waals surface area contributed by atoms with E-state index in [0.29, 0.717) is 0 Å². The average molecular weight is 295 g/mol. The third-order valence-electron chi connectivity index (χ3n) is 3.76. The molecule has 0 aliphatic carbocycles. The van der Waals surface area contributed by atoms with E-state index in [1.165, 1.54) is 42.4 Å². The number of rotatable bonds is 6. The van der Waals surface area contributed by atoms with Crippen LogP contribution in [-0.4, -0.2) is 36.1 Å². The van der Waals surface area contributed by atoms with E-state index < -0.39 is 0 Å². The third kappa shape index (κ3) is 4.83. The van der Waals surface area contributed by atoms with Crippen LogP contribution in [0.1, 0.15) is 50.4 Å². The molecule has 1 saturated heterocycles. The summed E-state index contributed by atoms with van der Waals surface area (Å²) in [5.74, 6) is 0.725. The Morgan fingerprint density at radius 1 is 1.35 bits per heavy atom. The van der Waals surface area contributed by atoms with Gasteiger partial charge in [-0.3, -0.25) is 0 Å². The van der Waals surface area contributed by atoms with Crippen LogP contribution in [0, 0.1) is 5.92 Å². The number of hydrogen-bond donors (Lipinski definition) is 1. The van der Waals surface area contributed by atoms with E-state index in [-0.39, 0.29) is 5.41 Å². The molecule has 1 aromatic heterocycles. The van der Waals surface area contributed by atoms with Crippen LogP contribution in [0.3, 0.4) is 0 Å². The fraction of sp³-hybridized carbons (Fsp3) is 0.812. The number of thiazole rings is 1. The van der Waals surface area contributed by atoms with Gasteiger partial charge in [0.1, 0.15) is 0 Å². The molecule has 20 heavy (non-hydrogen) atoms. The van der Waals surface area contributed by atoms with E-state index in [4.69, 9.17) is 0 Å². The fourth-order valence-corrected chi connectivity index (χ4v) is 3.59. The topological polar surface area (TPSA) is 28.2 Å². The Morgan fingerprint density at radius 2 is 2.05 bits per heavy atom. The maximum Gasteiger partial charge on any atom is 0.0981 e. The quantitative estimate of drug-likeness (QED) is 0.873. The van der Waals surface area contributed by atoms with Gasteiger partial charge in [-0.25, -0.2) is 4.98 Å². The summed E-state index contributed by atoms with van der Waals surface area (Å²) in [6.45, 7) is 14.9. The van der Waals surface area contributed by atoms with E-state index in [2.05, 4.69) is 42.9 Å². The van der Waals surface area contributed by atoms with Crippen LogP contribution in [0.5, 0.6) is 0 Å². The number of aromatic nitrogens is 1. The fourth-order valence-electron chi connectivity index (χ4n) is 2.65. The van der Waals surface area contributed by atoms with Crippen molar-refractivity contribution in [2.24, 2.45) is 5.92 Å². The lowest BCUT2D eigenvalue weighted by Crippen LogP contribution is -2.31. The van der Waals surface area contributed by atoms with Gasteiger partial charge >= 0.3 is 0 Å². The monoisotopic (exact) mass is 295 g/mol. The van der Waals surface area contributed by atoms with E-state index in [1.807, 2.05) is 17.5 Å². The lowest BCUT2D eigenvalue weighted by molar-refractivity contribution is 0.283. The zero-order valence-electron chi connectivity index (χ0n) is 13.4. The third-order valence-corrected chi connectivity index (χ3v) is 5.18. The Hall–Kier alpha value is -0.450. The number of hydrogen-bond acceptors (Lipinski definition) is 4. The average Bonchev–Trinajstić information content (AvgIpc) is 2.98. The van der Waals surface area contributed by atoms with E-state index >= 15 is 0 Å². The van der Waals surface area contributed by atoms with Crippen LogP contribution in [0.4, 0.5) is 0 Å². The molecule has 0 aromatic carbocycles. The molecule has 0 saturated carbocycles. The van der Waals surface area contributed by atoms with Crippen molar-refractivity contribution in [3.8, 4) is 0 Å². The van der Waals surface area contributed by atoms with Crippen LogP contribution in [-0.2, 0) is 12.0 Å². The molecule has 114 valence electrons. The first-order chi connectivity index (χ1) is 9.45. The van der Waals surface area contributed by atoms with Crippen LogP contribution in [0.25, 0.3) is 0 Å². The molecule has 1 aliphatic heterocycles. The lowest BCUT2D eigenvalue weighted by atomic mass is 9.98. The van der Waals surface area contributed by atoms with Crippen molar-refractivity contribution in [1.29, 1.82) is 0 Å². The van der Waals surface area contributed by atoms with Gasteiger partial charge in [-0.2, -0.15) is 0 Å². The van der Waals surface area contributed by atoms with Crippen molar-refractivity contribution < 1.29 is 0 Å². The molecule has 0 spiro atoms. The second kappa shape index (κ2) is 7.01. The minimum absolute atomic E-state index is 0.173. The first kappa shape index (κ1) is 15.9. The van der Waals surface area contributed by atoms with Gasteiger partial charge in [0.25, 0.3) is 0 Å².